The minimum absolute atomic E-state index is 0.414. The minimum Gasteiger partial charge on any atom is -0.411 e. The molecule has 0 heterocycles. The standard InChI is InChI=1S/C21H35NO2/c1-13-12-21(3)14(11-18(13)22-23)5-6-15-16-7-8-19(24-4)20(16,2)10-9-17(15)21/h13-17,19,23H,5-12H2,1-4H3/t13-,14+,15+,16+,17+,19+,20+,21+/m1/s1. The van der Waals surface area contributed by atoms with Gasteiger partial charge in [0.05, 0.1) is 11.8 Å². The molecule has 4 fully saturated rings. The van der Waals surface area contributed by atoms with Crippen molar-refractivity contribution in [2.24, 2.45) is 45.6 Å². The van der Waals surface area contributed by atoms with Crippen molar-refractivity contribution < 1.29 is 9.94 Å². The molecule has 0 unspecified atom stereocenters. The zero-order chi connectivity index (χ0) is 17.1. The van der Waals surface area contributed by atoms with E-state index < -0.39 is 0 Å². The Morgan fingerprint density at radius 2 is 1.79 bits per heavy atom. The molecule has 1 N–H and O–H groups in total. The van der Waals surface area contributed by atoms with Gasteiger partial charge in [-0.2, -0.15) is 0 Å². The summed E-state index contributed by atoms with van der Waals surface area (Å²) in [5.74, 6) is 3.79. The van der Waals surface area contributed by atoms with E-state index in [4.69, 9.17) is 4.74 Å². The summed E-state index contributed by atoms with van der Waals surface area (Å²) in [5, 5.41) is 13.0. The molecule has 0 bridgehead atoms. The molecule has 4 aliphatic rings. The molecule has 0 aromatic heterocycles. The summed E-state index contributed by atoms with van der Waals surface area (Å²) in [5.41, 5.74) is 1.91. The van der Waals surface area contributed by atoms with Crippen molar-refractivity contribution in [3.63, 3.8) is 0 Å². The van der Waals surface area contributed by atoms with Gasteiger partial charge in [-0.1, -0.05) is 25.9 Å². The first-order valence-electron chi connectivity index (χ1n) is 10.2. The van der Waals surface area contributed by atoms with E-state index in [2.05, 4.69) is 25.9 Å². The molecule has 136 valence electrons. The predicted molar refractivity (Wildman–Crippen MR) is 96.3 cm³/mol. The Bertz CT molecular complexity index is 532. The van der Waals surface area contributed by atoms with E-state index in [-0.39, 0.29) is 0 Å². The van der Waals surface area contributed by atoms with Crippen molar-refractivity contribution in [1.82, 2.24) is 0 Å². The van der Waals surface area contributed by atoms with E-state index in [0.717, 1.165) is 35.8 Å². The second kappa shape index (κ2) is 5.72. The number of oxime groups is 1. The maximum Gasteiger partial charge on any atom is 0.0627 e. The van der Waals surface area contributed by atoms with Gasteiger partial charge in [0.2, 0.25) is 0 Å². The van der Waals surface area contributed by atoms with Crippen LogP contribution in [0.25, 0.3) is 0 Å². The smallest absolute Gasteiger partial charge is 0.0627 e. The molecule has 0 radical (unpaired) electrons. The van der Waals surface area contributed by atoms with Gasteiger partial charge in [0, 0.05) is 7.11 Å². The first-order chi connectivity index (χ1) is 11.4. The average Bonchev–Trinajstić information content (AvgIpc) is 2.90. The lowest BCUT2D eigenvalue weighted by atomic mass is 9.44. The third kappa shape index (κ3) is 2.15. The summed E-state index contributed by atoms with van der Waals surface area (Å²) in [7, 11) is 1.92. The number of ether oxygens (including phenoxy) is 1. The van der Waals surface area contributed by atoms with Crippen LogP contribution in [0.2, 0.25) is 0 Å². The molecule has 4 rings (SSSR count). The van der Waals surface area contributed by atoms with Gasteiger partial charge in [-0.15, -0.1) is 0 Å². The second-order valence-electron chi connectivity index (χ2n) is 9.90. The minimum atomic E-state index is 0.414. The van der Waals surface area contributed by atoms with Gasteiger partial charge in [-0.05, 0) is 91.8 Å². The van der Waals surface area contributed by atoms with E-state index in [1.165, 1.54) is 44.9 Å². The lowest BCUT2D eigenvalue weighted by Gasteiger charge is -2.61. The highest BCUT2D eigenvalue weighted by Gasteiger charge is 2.60. The topological polar surface area (TPSA) is 41.8 Å². The third-order valence-corrected chi connectivity index (χ3v) is 9.16. The Morgan fingerprint density at radius 1 is 1.04 bits per heavy atom. The zero-order valence-corrected chi connectivity index (χ0v) is 15.9. The largest absolute Gasteiger partial charge is 0.411 e. The highest BCUT2D eigenvalue weighted by atomic mass is 16.5. The summed E-state index contributed by atoms with van der Waals surface area (Å²) >= 11 is 0. The molecule has 3 heteroatoms. The van der Waals surface area contributed by atoms with Crippen LogP contribution in [0.1, 0.15) is 72.1 Å². The van der Waals surface area contributed by atoms with Crippen LogP contribution in [0.15, 0.2) is 5.16 Å². The van der Waals surface area contributed by atoms with Crippen LogP contribution in [0, 0.1) is 40.4 Å². The van der Waals surface area contributed by atoms with Gasteiger partial charge in [-0.25, -0.2) is 0 Å². The highest BCUT2D eigenvalue weighted by Crippen LogP contribution is 2.66. The van der Waals surface area contributed by atoms with Crippen LogP contribution in [-0.2, 0) is 4.74 Å². The second-order valence-corrected chi connectivity index (χ2v) is 9.90. The Labute approximate surface area is 147 Å². The normalized spacial score (nSPS) is 55.8. The van der Waals surface area contributed by atoms with Crippen molar-refractivity contribution >= 4 is 5.71 Å². The van der Waals surface area contributed by atoms with Crippen LogP contribution < -0.4 is 0 Å². The number of hydrogen-bond acceptors (Lipinski definition) is 3. The molecule has 8 atom stereocenters. The summed E-state index contributed by atoms with van der Waals surface area (Å²) in [4.78, 5) is 0. The van der Waals surface area contributed by atoms with E-state index in [1.54, 1.807) is 0 Å². The van der Waals surface area contributed by atoms with Gasteiger partial charge in [-0.3, -0.25) is 0 Å². The van der Waals surface area contributed by atoms with Crippen molar-refractivity contribution in [2.75, 3.05) is 7.11 Å². The fraction of sp³-hybridized carbons (Fsp3) is 0.952. The van der Waals surface area contributed by atoms with Gasteiger partial charge in [0.1, 0.15) is 0 Å². The maximum atomic E-state index is 9.36. The number of hydrogen-bond donors (Lipinski definition) is 1. The molecule has 4 saturated carbocycles. The molecule has 3 nitrogen and oxygen atoms in total. The fourth-order valence-corrected chi connectivity index (χ4v) is 7.90. The molecule has 0 saturated heterocycles. The van der Waals surface area contributed by atoms with Crippen LogP contribution in [-0.4, -0.2) is 24.1 Å². The number of fused-ring (bicyclic) bond motifs is 5. The van der Waals surface area contributed by atoms with Crippen molar-refractivity contribution in [3.8, 4) is 0 Å². The molecular formula is C21H35NO2. The fourth-order valence-electron chi connectivity index (χ4n) is 7.90. The molecule has 0 spiro atoms. The lowest BCUT2D eigenvalue weighted by molar-refractivity contribution is -0.121. The number of nitrogens with zero attached hydrogens (tertiary/aromatic N) is 1. The Morgan fingerprint density at radius 3 is 2.50 bits per heavy atom. The quantitative estimate of drug-likeness (QED) is 0.534. The average molecular weight is 334 g/mol. The summed E-state index contributed by atoms with van der Waals surface area (Å²) < 4.78 is 5.90. The molecule has 0 aliphatic heterocycles. The molecule has 0 amide bonds. The Hall–Kier alpha value is -0.570. The highest BCUT2D eigenvalue weighted by molar-refractivity contribution is 5.87. The third-order valence-electron chi connectivity index (χ3n) is 9.16. The summed E-state index contributed by atoms with van der Waals surface area (Å²) in [6.45, 7) is 7.36. The molecule has 0 aromatic rings. The van der Waals surface area contributed by atoms with Gasteiger partial charge >= 0.3 is 0 Å². The van der Waals surface area contributed by atoms with Gasteiger partial charge in [0.15, 0.2) is 0 Å². The Kier molecular flexibility index (Phi) is 4.02. The van der Waals surface area contributed by atoms with Crippen LogP contribution in [0.3, 0.4) is 0 Å². The first-order valence-corrected chi connectivity index (χ1v) is 10.2. The SMILES string of the molecule is CO[C@H]1CC[C@H]2[C@@H]3CC[C@H]4CC(=NO)[C@H](C)C[C@]4(C)[C@H]3CC[C@]12C. The van der Waals surface area contributed by atoms with Crippen molar-refractivity contribution in [1.29, 1.82) is 0 Å². The van der Waals surface area contributed by atoms with E-state index in [1.807, 2.05) is 7.11 Å². The van der Waals surface area contributed by atoms with Gasteiger partial charge in [0.25, 0.3) is 0 Å². The molecular weight excluding hydrogens is 298 g/mol. The summed E-state index contributed by atoms with van der Waals surface area (Å²) in [6, 6.07) is 0. The zero-order valence-electron chi connectivity index (χ0n) is 15.9. The molecule has 0 aromatic carbocycles. The van der Waals surface area contributed by atoms with Crippen molar-refractivity contribution in [2.45, 2.75) is 78.2 Å². The molecule has 4 aliphatic carbocycles. The van der Waals surface area contributed by atoms with Crippen LogP contribution >= 0.6 is 0 Å². The monoisotopic (exact) mass is 333 g/mol. The lowest BCUT2D eigenvalue weighted by Crippen LogP contribution is -2.55. The van der Waals surface area contributed by atoms with E-state index in [9.17, 15) is 5.21 Å². The predicted octanol–water partition coefficient (Wildman–Crippen LogP) is 5.12. The molecule has 24 heavy (non-hydrogen) atoms. The Balaban J connectivity index is 1.62. The van der Waals surface area contributed by atoms with E-state index >= 15 is 0 Å². The van der Waals surface area contributed by atoms with Crippen LogP contribution in [0.4, 0.5) is 0 Å². The first kappa shape index (κ1) is 16.9. The summed E-state index contributed by atoms with van der Waals surface area (Å²) in [6.07, 6.45) is 10.8. The maximum absolute atomic E-state index is 9.36. The van der Waals surface area contributed by atoms with Crippen molar-refractivity contribution in [3.05, 3.63) is 0 Å². The number of rotatable bonds is 1. The van der Waals surface area contributed by atoms with Crippen LogP contribution in [0.5, 0.6) is 0 Å². The van der Waals surface area contributed by atoms with Gasteiger partial charge < -0.3 is 9.94 Å². The van der Waals surface area contributed by atoms with E-state index in [0.29, 0.717) is 22.9 Å². The number of methoxy groups -OCH3 is 1.